The molecule has 0 saturated heterocycles. The van der Waals surface area contributed by atoms with Crippen LogP contribution in [0.3, 0.4) is 0 Å². The summed E-state index contributed by atoms with van der Waals surface area (Å²) in [4.78, 5) is 15.5. The average Bonchev–Trinajstić information content (AvgIpc) is 3.08. The van der Waals surface area contributed by atoms with Crippen LogP contribution in [0.5, 0.6) is 11.5 Å². The number of methoxy groups -OCH3 is 1. The first-order valence-corrected chi connectivity index (χ1v) is 9.21. The quantitative estimate of drug-likeness (QED) is 0.420. The molecule has 3 aromatic rings. The molecule has 0 aliphatic rings. The molecule has 0 fully saturated rings. The predicted molar refractivity (Wildman–Crippen MR) is 105 cm³/mol. The Balaban J connectivity index is 1.95. The Kier molecular flexibility index (Phi) is 5.86. The van der Waals surface area contributed by atoms with Crippen molar-refractivity contribution in [3.05, 3.63) is 58.7 Å². The van der Waals surface area contributed by atoms with Crippen LogP contribution in [-0.4, -0.2) is 36.2 Å². The van der Waals surface area contributed by atoms with Gasteiger partial charge in [0.1, 0.15) is 22.9 Å². The van der Waals surface area contributed by atoms with Crippen LogP contribution in [0.1, 0.15) is 20.7 Å². The molecule has 136 valence electrons. The summed E-state index contributed by atoms with van der Waals surface area (Å²) in [6.07, 6.45) is 1.69. The zero-order valence-corrected chi connectivity index (χ0v) is 16.3. The molecule has 0 spiro atoms. The normalized spacial score (nSPS) is 12.2. The van der Waals surface area contributed by atoms with Crippen molar-refractivity contribution < 1.29 is 19.4 Å². The molecule has 1 unspecified atom stereocenters. The minimum absolute atomic E-state index is 0.113. The van der Waals surface area contributed by atoms with Gasteiger partial charge in [0.15, 0.2) is 5.78 Å². The molecule has 0 saturated carbocycles. The van der Waals surface area contributed by atoms with Crippen molar-refractivity contribution in [3.8, 4) is 11.5 Å². The number of carbonyl (C=O) groups excluding carboxylic acids is 1. The number of ketones is 1. The summed E-state index contributed by atoms with van der Waals surface area (Å²) < 4.78 is 10.7. The number of nitrogens with one attached hydrogen (secondary N) is 1. The van der Waals surface area contributed by atoms with Crippen LogP contribution in [0.15, 0.2) is 42.6 Å². The van der Waals surface area contributed by atoms with E-state index < -0.39 is 4.83 Å². The lowest BCUT2D eigenvalue weighted by Gasteiger charge is -2.15. The number of rotatable bonds is 7. The number of aliphatic hydroxyl groups is 1. The maximum absolute atomic E-state index is 13.0. The van der Waals surface area contributed by atoms with Gasteiger partial charge in [-0.15, -0.1) is 0 Å². The van der Waals surface area contributed by atoms with E-state index in [1.54, 1.807) is 31.5 Å². The summed E-state index contributed by atoms with van der Waals surface area (Å²) in [7, 11) is 1.60. The fraction of sp³-hybridized carbons (Fsp3) is 0.211. The molecule has 3 rings (SSSR count). The third-order valence-electron chi connectivity index (χ3n) is 3.98. The second-order valence-electron chi connectivity index (χ2n) is 5.59. The highest BCUT2D eigenvalue weighted by molar-refractivity contribution is 9.09. The highest BCUT2D eigenvalue weighted by Crippen LogP contribution is 2.37. The summed E-state index contributed by atoms with van der Waals surface area (Å²) in [5.41, 5.74) is 2.03. The summed E-state index contributed by atoms with van der Waals surface area (Å²) in [5, 5.41) is 10.3. The Labute approximate surface area is 164 Å². The van der Waals surface area contributed by atoms with Crippen LogP contribution in [0, 0.1) is 0 Å². The monoisotopic (exact) mass is 437 g/mol. The summed E-state index contributed by atoms with van der Waals surface area (Å²) in [6.45, 7) is -0.00866. The SMILES string of the molecule is COc1ccc2c(C(=O)C(Br)c3ccc(Cl)cc3OCCO)c[nH]c2c1. The number of carbonyl (C=O) groups is 1. The number of hydrogen-bond acceptors (Lipinski definition) is 4. The largest absolute Gasteiger partial charge is 0.497 e. The number of aromatic nitrogens is 1. The van der Waals surface area contributed by atoms with Crippen molar-refractivity contribution in [2.75, 3.05) is 20.3 Å². The van der Waals surface area contributed by atoms with Gasteiger partial charge in [-0.3, -0.25) is 4.79 Å². The third kappa shape index (κ3) is 3.72. The van der Waals surface area contributed by atoms with Gasteiger partial charge in [-0.1, -0.05) is 33.6 Å². The van der Waals surface area contributed by atoms with Crippen LogP contribution in [-0.2, 0) is 0 Å². The molecule has 1 aromatic heterocycles. The fourth-order valence-corrected chi connectivity index (χ4v) is 3.50. The maximum Gasteiger partial charge on any atom is 0.183 e. The second kappa shape index (κ2) is 8.12. The van der Waals surface area contributed by atoms with Crippen molar-refractivity contribution in [1.29, 1.82) is 0 Å². The first-order valence-electron chi connectivity index (χ1n) is 7.91. The zero-order chi connectivity index (χ0) is 18.7. The summed E-state index contributed by atoms with van der Waals surface area (Å²) in [6, 6.07) is 10.6. The number of halogens is 2. The zero-order valence-electron chi connectivity index (χ0n) is 14.0. The molecule has 26 heavy (non-hydrogen) atoms. The fourth-order valence-electron chi connectivity index (χ4n) is 2.71. The third-order valence-corrected chi connectivity index (χ3v) is 5.13. The number of hydrogen-bond donors (Lipinski definition) is 2. The van der Waals surface area contributed by atoms with Gasteiger partial charge in [-0.2, -0.15) is 0 Å². The van der Waals surface area contributed by atoms with E-state index in [-0.39, 0.29) is 19.0 Å². The first kappa shape index (κ1) is 18.8. The molecular weight excluding hydrogens is 422 g/mol. The van der Waals surface area contributed by atoms with Gasteiger partial charge in [0, 0.05) is 39.3 Å². The van der Waals surface area contributed by atoms with Crippen LogP contribution >= 0.6 is 27.5 Å². The van der Waals surface area contributed by atoms with Gasteiger partial charge in [0.05, 0.1) is 13.7 Å². The molecule has 1 atom stereocenters. The van der Waals surface area contributed by atoms with Crippen LogP contribution < -0.4 is 9.47 Å². The van der Waals surface area contributed by atoms with Crippen molar-refractivity contribution in [2.45, 2.75) is 4.83 Å². The Hall–Kier alpha value is -2.02. The number of aliphatic hydroxyl groups excluding tert-OH is 1. The van der Waals surface area contributed by atoms with Gasteiger partial charge in [0.2, 0.25) is 0 Å². The molecule has 2 N–H and O–H groups in total. The van der Waals surface area contributed by atoms with E-state index in [1.165, 1.54) is 0 Å². The lowest BCUT2D eigenvalue weighted by atomic mass is 10.0. The summed E-state index contributed by atoms with van der Waals surface area (Å²) in [5.74, 6) is 1.06. The molecule has 7 heteroatoms. The molecular formula is C19H17BrClNO4. The molecule has 0 aliphatic heterocycles. The van der Waals surface area contributed by atoms with Gasteiger partial charge >= 0.3 is 0 Å². The highest BCUT2D eigenvalue weighted by Gasteiger charge is 2.25. The smallest absolute Gasteiger partial charge is 0.183 e. The average molecular weight is 439 g/mol. The van der Waals surface area contributed by atoms with E-state index in [9.17, 15) is 4.79 Å². The molecule has 2 aromatic carbocycles. The number of H-pyrrole nitrogens is 1. The van der Waals surface area contributed by atoms with Crippen molar-refractivity contribution >= 4 is 44.2 Å². The van der Waals surface area contributed by atoms with Gasteiger partial charge in [0.25, 0.3) is 0 Å². The van der Waals surface area contributed by atoms with Gasteiger partial charge < -0.3 is 19.6 Å². The number of alkyl halides is 1. The van der Waals surface area contributed by atoms with Gasteiger partial charge in [-0.25, -0.2) is 0 Å². The van der Waals surface area contributed by atoms with E-state index in [4.69, 9.17) is 26.2 Å². The lowest BCUT2D eigenvalue weighted by Crippen LogP contribution is -2.10. The topological polar surface area (TPSA) is 71.6 Å². The first-order chi connectivity index (χ1) is 12.5. The van der Waals surface area contributed by atoms with Crippen molar-refractivity contribution in [1.82, 2.24) is 4.98 Å². The van der Waals surface area contributed by atoms with Crippen molar-refractivity contribution in [3.63, 3.8) is 0 Å². The van der Waals surface area contributed by atoms with E-state index >= 15 is 0 Å². The number of fused-ring (bicyclic) bond motifs is 1. The van der Waals surface area contributed by atoms with E-state index in [0.29, 0.717) is 27.6 Å². The Morgan fingerprint density at radius 2 is 2.12 bits per heavy atom. The molecule has 0 aliphatic carbocycles. The predicted octanol–water partition coefficient (Wildman–Crippen LogP) is 4.52. The minimum Gasteiger partial charge on any atom is -0.497 e. The standard InChI is InChI=1S/C19H17BrClNO4/c1-25-12-3-5-13-15(10-22-16(13)9-12)19(24)18(20)14-4-2-11(21)8-17(14)26-7-6-23/h2-5,8-10,18,22-23H,6-7H2,1H3. The second-order valence-corrected chi connectivity index (χ2v) is 6.95. The van der Waals surface area contributed by atoms with E-state index in [1.807, 2.05) is 18.2 Å². The Morgan fingerprint density at radius 3 is 2.85 bits per heavy atom. The Bertz CT molecular complexity index is 940. The molecule has 1 heterocycles. The van der Waals surface area contributed by atoms with E-state index in [2.05, 4.69) is 20.9 Å². The molecule has 5 nitrogen and oxygen atoms in total. The molecule has 0 radical (unpaired) electrons. The van der Waals surface area contributed by atoms with Gasteiger partial charge in [-0.05, 0) is 24.3 Å². The lowest BCUT2D eigenvalue weighted by molar-refractivity contribution is 0.0991. The molecule has 0 bridgehead atoms. The van der Waals surface area contributed by atoms with Crippen molar-refractivity contribution in [2.24, 2.45) is 0 Å². The molecule has 0 amide bonds. The maximum atomic E-state index is 13.0. The van der Waals surface area contributed by atoms with Crippen LogP contribution in [0.2, 0.25) is 5.02 Å². The van der Waals surface area contributed by atoms with Crippen LogP contribution in [0.25, 0.3) is 10.9 Å². The van der Waals surface area contributed by atoms with E-state index in [0.717, 1.165) is 10.9 Å². The summed E-state index contributed by atoms with van der Waals surface area (Å²) >= 11 is 9.51. The number of Topliss-reactive ketones (excluding diaryl/α,β-unsaturated/α-hetero) is 1. The number of aromatic amines is 1. The highest BCUT2D eigenvalue weighted by atomic mass is 79.9. The minimum atomic E-state index is -0.616. The number of benzene rings is 2. The number of ether oxygens (including phenoxy) is 2. The van der Waals surface area contributed by atoms with Crippen LogP contribution in [0.4, 0.5) is 0 Å². The Morgan fingerprint density at radius 1 is 1.31 bits per heavy atom.